The van der Waals surface area contributed by atoms with Gasteiger partial charge in [-0.15, -0.1) is 11.8 Å². The summed E-state index contributed by atoms with van der Waals surface area (Å²) in [6, 6.07) is 5.79. The number of aliphatic hydroxyl groups is 1. The molecule has 0 aromatic heterocycles. The summed E-state index contributed by atoms with van der Waals surface area (Å²) in [6.45, 7) is 4.54. The summed E-state index contributed by atoms with van der Waals surface area (Å²) in [6.07, 6.45) is 8.64. The van der Waals surface area contributed by atoms with Crippen LogP contribution in [-0.4, -0.2) is 81.5 Å². The van der Waals surface area contributed by atoms with Gasteiger partial charge in [0.15, 0.2) is 0 Å². The first-order valence-corrected chi connectivity index (χ1v) is 13.8. The number of rotatable bonds is 5. The molecule has 2 saturated heterocycles. The summed E-state index contributed by atoms with van der Waals surface area (Å²) in [5, 5.41) is 10.7. The van der Waals surface area contributed by atoms with E-state index in [0.717, 1.165) is 6.42 Å². The third-order valence-corrected chi connectivity index (χ3v) is 10.4. The molecule has 192 valence electrons. The number of halogens is 1. The van der Waals surface area contributed by atoms with Crippen molar-refractivity contribution in [3.8, 4) is 0 Å². The van der Waals surface area contributed by atoms with E-state index >= 15 is 0 Å². The van der Waals surface area contributed by atoms with Gasteiger partial charge < -0.3 is 19.8 Å². The zero-order valence-electron chi connectivity index (χ0n) is 20.7. The van der Waals surface area contributed by atoms with Crippen LogP contribution in [0.2, 0.25) is 5.02 Å². The topological polar surface area (TPSA) is 81.2 Å². The molecule has 4 aliphatic rings. The van der Waals surface area contributed by atoms with Gasteiger partial charge in [-0.1, -0.05) is 68.3 Å². The fourth-order valence-corrected chi connectivity index (χ4v) is 8.49. The van der Waals surface area contributed by atoms with Gasteiger partial charge >= 0.3 is 0 Å². The van der Waals surface area contributed by atoms with E-state index < -0.39 is 28.7 Å². The number of hydrogen-bond acceptors (Lipinski definition) is 5. The van der Waals surface area contributed by atoms with Gasteiger partial charge in [0.05, 0.1) is 39.9 Å². The molecule has 1 spiro atoms. The minimum Gasteiger partial charge on any atom is -0.394 e. The zero-order chi connectivity index (χ0) is 25.8. The lowest BCUT2D eigenvalue weighted by Gasteiger charge is -2.40. The summed E-state index contributed by atoms with van der Waals surface area (Å²) in [7, 11) is 1.75. The van der Waals surface area contributed by atoms with Crippen molar-refractivity contribution in [3.05, 3.63) is 53.6 Å². The molecule has 4 aliphatic heterocycles. The number of hydrogen-bond donors (Lipinski definition) is 1. The lowest BCUT2D eigenvalue weighted by atomic mass is 9.78. The largest absolute Gasteiger partial charge is 0.394 e. The summed E-state index contributed by atoms with van der Waals surface area (Å²) in [5.41, 5.74) is 0.582. The highest BCUT2D eigenvalue weighted by Gasteiger charge is 2.71. The lowest BCUT2D eigenvalue weighted by Crippen LogP contribution is -2.58. The maximum absolute atomic E-state index is 14.4. The van der Waals surface area contributed by atoms with Crippen LogP contribution in [-0.2, 0) is 14.4 Å². The predicted molar refractivity (Wildman–Crippen MR) is 142 cm³/mol. The van der Waals surface area contributed by atoms with Crippen LogP contribution in [0.5, 0.6) is 0 Å². The molecule has 0 aliphatic carbocycles. The molecule has 1 unspecified atom stereocenters. The molecule has 36 heavy (non-hydrogen) atoms. The number of nitrogens with zero attached hydrogens (tertiary/aromatic N) is 3. The van der Waals surface area contributed by atoms with Crippen LogP contribution < -0.4 is 4.90 Å². The lowest BCUT2D eigenvalue weighted by molar-refractivity contribution is -0.145. The monoisotopic (exact) mass is 529 g/mol. The van der Waals surface area contributed by atoms with Crippen LogP contribution in [0.4, 0.5) is 5.69 Å². The Morgan fingerprint density at radius 2 is 1.89 bits per heavy atom. The summed E-state index contributed by atoms with van der Waals surface area (Å²) in [5.74, 6) is -1.84. The molecule has 4 heterocycles. The van der Waals surface area contributed by atoms with Crippen LogP contribution in [0.25, 0.3) is 0 Å². The Labute approximate surface area is 221 Å². The smallest absolute Gasteiger partial charge is 0.251 e. The third-order valence-electron chi connectivity index (χ3n) is 8.29. The van der Waals surface area contributed by atoms with Crippen LogP contribution in [0.15, 0.2) is 48.6 Å². The average molecular weight is 530 g/mol. The highest BCUT2D eigenvalue weighted by Crippen LogP contribution is 2.61. The molecule has 7 nitrogen and oxygen atoms in total. The van der Waals surface area contributed by atoms with Gasteiger partial charge in [-0.25, -0.2) is 0 Å². The van der Waals surface area contributed by atoms with Crippen LogP contribution in [0.3, 0.4) is 0 Å². The first-order chi connectivity index (χ1) is 17.3. The van der Waals surface area contributed by atoms with Crippen LogP contribution in [0, 0.1) is 17.8 Å². The standard InChI is InChI=1S/C27H32ClN3O4S/c1-4-16(2)19(15-32)31-23-26(35)30(18-10-6-5-9-17(18)28)14-8-12-27(23)22(25(31)34)21-20(36-27)11-7-13-29(3)24(21)33/h5-12,16,19-23,32H,4,13-15H2,1-3H3/t16-,19-,20-,21+,22-,23?,27-/m0/s1. The number of likely N-dealkylation sites (tertiary alicyclic amines) is 1. The zero-order valence-corrected chi connectivity index (χ0v) is 22.3. The van der Waals surface area contributed by atoms with Crippen LogP contribution in [0.1, 0.15) is 20.3 Å². The van der Waals surface area contributed by atoms with E-state index in [-0.39, 0.29) is 35.5 Å². The van der Waals surface area contributed by atoms with Crippen molar-refractivity contribution in [3.63, 3.8) is 0 Å². The normalized spacial score (nSPS) is 33.2. The average Bonchev–Trinajstić information content (AvgIpc) is 3.19. The van der Waals surface area contributed by atoms with E-state index in [1.54, 1.807) is 45.6 Å². The first kappa shape index (κ1) is 25.4. The van der Waals surface area contributed by atoms with E-state index in [2.05, 4.69) is 0 Å². The number of para-hydroxylation sites is 1. The number of benzene rings is 1. The minimum absolute atomic E-state index is 0.0307. The molecule has 7 atom stereocenters. The van der Waals surface area contributed by atoms with Crippen molar-refractivity contribution in [2.24, 2.45) is 17.8 Å². The second kappa shape index (κ2) is 9.54. The Balaban J connectivity index is 1.68. The predicted octanol–water partition coefficient (Wildman–Crippen LogP) is 2.98. The van der Waals surface area contributed by atoms with Crippen LogP contribution >= 0.6 is 23.4 Å². The Bertz CT molecular complexity index is 1140. The van der Waals surface area contributed by atoms with Crippen molar-refractivity contribution in [1.29, 1.82) is 0 Å². The number of carbonyl (C=O) groups excluding carboxylic acids is 3. The van der Waals surface area contributed by atoms with Gasteiger partial charge in [-0.05, 0) is 18.1 Å². The second-order valence-corrected chi connectivity index (χ2v) is 12.1. The van der Waals surface area contributed by atoms with Gasteiger partial charge in [0.2, 0.25) is 11.8 Å². The maximum Gasteiger partial charge on any atom is 0.251 e. The molecule has 2 fully saturated rings. The number of anilines is 1. The Kier molecular flexibility index (Phi) is 6.72. The fraction of sp³-hybridized carbons (Fsp3) is 0.519. The van der Waals surface area contributed by atoms with Gasteiger partial charge in [0, 0.05) is 25.4 Å². The molecule has 1 aromatic rings. The van der Waals surface area contributed by atoms with Crippen molar-refractivity contribution in [2.75, 3.05) is 31.6 Å². The second-order valence-electron chi connectivity index (χ2n) is 10.2. The van der Waals surface area contributed by atoms with Gasteiger partial charge in [-0.3, -0.25) is 14.4 Å². The number of fused-ring (bicyclic) bond motifs is 2. The van der Waals surface area contributed by atoms with E-state index in [1.165, 1.54) is 0 Å². The minimum atomic E-state index is -0.918. The molecule has 0 saturated carbocycles. The summed E-state index contributed by atoms with van der Waals surface area (Å²) in [4.78, 5) is 47.2. The molecule has 0 radical (unpaired) electrons. The number of amides is 3. The highest BCUT2D eigenvalue weighted by molar-refractivity contribution is 8.02. The molecule has 3 amide bonds. The molecule has 1 aromatic carbocycles. The van der Waals surface area contributed by atoms with E-state index in [4.69, 9.17) is 11.6 Å². The summed E-state index contributed by atoms with van der Waals surface area (Å²) >= 11 is 8.05. The highest BCUT2D eigenvalue weighted by atomic mass is 35.5. The summed E-state index contributed by atoms with van der Waals surface area (Å²) < 4.78 is -0.918. The molecule has 9 heteroatoms. The number of likely N-dealkylation sites (N-methyl/N-ethyl adjacent to an activating group) is 1. The molecule has 1 N–H and O–H groups in total. The number of aliphatic hydroxyl groups excluding tert-OH is 1. The van der Waals surface area contributed by atoms with Crippen molar-refractivity contribution in [2.45, 2.75) is 42.3 Å². The van der Waals surface area contributed by atoms with E-state index in [9.17, 15) is 19.5 Å². The Hall–Kier alpha value is -2.29. The van der Waals surface area contributed by atoms with Crippen molar-refractivity contribution in [1.82, 2.24) is 9.80 Å². The number of carbonyl (C=O) groups is 3. The Morgan fingerprint density at radius 1 is 1.14 bits per heavy atom. The fourth-order valence-electron chi connectivity index (χ4n) is 6.26. The number of thioether (sulfide) groups is 1. The third kappa shape index (κ3) is 3.63. The maximum atomic E-state index is 14.4. The van der Waals surface area contributed by atoms with Crippen molar-refractivity contribution >= 4 is 46.8 Å². The van der Waals surface area contributed by atoms with Crippen molar-refractivity contribution < 1.29 is 19.5 Å². The van der Waals surface area contributed by atoms with Gasteiger partial charge in [0.25, 0.3) is 5.91 Å². The van der Waals surface area contributed by atoms with Gasteiger partial charge in [-0.2, -0.15) is 0 Å². The molecule has 5 rings (SSSR count). The van der Waals surface area contributed by atoms with E-state index in [0.29, 0.717) is 23.8 Å². The quantitative estimate of drug-likeness (QED) is 0.593. The Morgan fingerprint density at radius 3 is 2.58 bits per heavy atom. The molecular formula is C27H32ClN3O4S. The van der Waals surface area contributed by atoms with Gasteiger partial charge in [0.1, 0.15) is 6.04 Å². The SMILES string of the molecule is CC[C@H](C)[C@H](CO)N1C(=O)[C@@H]2[C@@H]3C(=O)N(C)CC=C[C@@H]3S[C@@]23C=CCN(c2ccccc2Cl)C(=O)C13. The first-order valence-electron chi connectivity index (χ1n) is 12.5. The van der Waals surface area contributed by atoms with E-state index in [1.807, 2.05) is 50.3 Å². The molecular weight excluding hydrogens is 498 g/mol. The molecule has 0 bridgehead atoms.